The number of hydrogen-bond donors (Lipinski definition) is 1. The van der Waals surface area contributed by atoms with Gasteiger partial charge >= 0.3 is 23.0 Å². The predicted octanol–water partition coefficient (Wildman–Crippen LogP) is 7.20. The summed E-state index contributed by atoms with van der Waals surface area (Å²) >= 11 is 6.16. The smallest absolute Gasteiger partial charge is 0.304 e. The molecule has 5 aromatic carbocycles. The molecule has 0 aliphatic carbocycles. The summed E-state index contributed by atoms with van der Waals surface area (Å²) in [5.74, 6) is 6.44. The molecule has 0 fully saturated rings. The standard InChI is InChI=1S/C46H31ClN9O2/c1-52(2)20-6-9-29-12-19-41-38(23-29)44-42(53(3)46(58)56(44)36-11-4-7-30(21-36)25-48)28-54(41)50-26-31-8-5-10-35(22-31)55-43-37-24-33(32-13-16-34(47)17-14-32)15-18-39(37)49-27-40(43)51-45(55)57/h4-5,7-8,10-19,21-24,27-28H,20H2,1-3H3/q+1/p+1. The highest BCUT2D eigenvalue weighted by molar-refractivity contribution is 6.30. The largest absolute Gasteiger partial charge is 0.408 e. The molecular weight excluding hydrogens is 746 g/mol. The van der Waals surface area contributed by atoms with Crippen molar-refractivity contribution in [2.45, 2.75) is 0 Å². The molecule has 58 heavy (non-hydrogen) atoms. The van der Waals surface area contributed by atoms with Crippen LogP contribution in [-0.4, -0.2) is 49.2 Å². The van der Waals surface area contributed by atoms with E-state index < -0.39 is 0 Å². The Kier molecular flexibility index (Phi) is 8.91. The van der Waals surface area contributed by atoms with Crippen molar-refractivity contribution in [3.05, 3.63) is 169 Å². The van der Waals surface area contributed by atoms with E-state index in [1.54, 1.807) is 56.0 Å². The number of H-pyrrole nitrogens is 1. The van der Waals surface area contributed by atoms with Gasteiger partial charge in [-0.15, -0.1) is 0 Å². The van der Waals surface area contributed by atoms with Crippen molar-refractivity contribution < 1.29 is 4.68 Å². The van der Waals surface area contributed by atoms with Gasteiger partial charge < -0.3 is 4.98 Å². The van der Waals surface area contributed by atoms with Gasteiger partial charge in [-0.25, -0.2) is 9.59 Å². The van der Waals surface area contributed by atoms with E-state index in [0.717, 1.165) is 33.0 Å². The zero-order valence-corrected chi connectivity index (χ0v) is 32.3. The van der Waals surface area contributed by atoms with Crippen LogP contribution < -0.4 is 16.1 Å². The number of nitrogens with one attached hydrogen (secondary N) is 1. The molecule has 4 aromatic heterocycles. The second-order valence-electron chi connectivity index (χ2n) is 14.1. The molecular formula is C46H32ClN9O2+2. The van der Waals surface area contributed by atoms with Gasteiger partial charge in [0.25, 0.3) is 11.2 Å². The van der Waals surface area contributed by atoms with Gasteiger partial charge in [0.15, 0.2) is 4.68 Å². The number of imidazole rings is 2. The molecule has 0 radical (unpaired) electrons. The summed E-state index contributed by atoms with van der Waals surface area (Å²) in [5.41, 5.74) is 8.40. The number of nitrogens with zero attached hydrogens (tertiary/aromatic N) is 8. The average Bonchev–Trinajstić information content (AvgIpc) is 3.71. The monoisotopic (exact) mass is 777 g/mol. The molecule has 0 bridgehead atoms. The molecule has 278 valence electrons. The average molecular weight is 778 g/mol. The van der Waals surface area contributed by atoms with Crippen molar-refractivity contribution in [2.24, 2.45) is 7.05 Å². The lowest BCUT2D eigenvalue weighted by atomic mass is 10.0. The van der Waals surface area contributed by atoms with Crippen molar-refractivity contribution in [1.29, 1.82) is 5.26 Å². The summed E-state index contributed by atoms with van der Waals surface area (Å²) in [6.45, 7) is 0.583. The quantitative estimate of drug-likeness (QED) is 0.150. The number of fused-ring (bicyclic) bond motifs is 6. The van der Waals surface area contributed by atoms with E-state index in [1.165, 1.54) is 0 Å². The van der Waals surface area contributed by atoms with Crippen LogP contribution in [-0.2, 0) is 7.05 Å². The van der Waals surface area contributed by atoms with Gasteiger partial charge in [0.05, 0.1) is 63.2 Å². The van der Waals surface area contributed by atoms with E-state index >= 15 is 0 Å². The molecule has 0 atom stereocenters. The molecule has 0 spiro atoms. The summed E-state index contributed by atoms with van der Waals surface area (Å²) in [5, 5.41) is 11.8. The Morgan fingerprint density at radius 1 is 0.828 bits per heavy atom. The zero-order chi connectivity index (χ0) is 40.1. The number of benzene rings is 5. The Balaban J connectivity index is 1.20. The lowest BCUT2D eigenvalue weighted by molar-refractivity contribution is -0.580. The van der Waals surface area contributed by atoms with Crippen molar-refractivity contribution in [2.75, 3.05) is 20.6 Å². The second kappa shape index (κ2) is 14.4. The fourth-order valence-electron chi connectivity index (χ4n) is 7.23. The first-order valence-corrected chi connectivity index (χ1v) is 18.7. The van der Waals surface area contributed by atoms with Gasteiger partial charge in [0, 0.05) is 29.1 Å². The summed E-state index contributed by atoms with van der Waals surface area (Å²) in [7, 11) is 5.63. The molecule has 0 aliphatic heterocycles. The van der Waals surface area contributed by atoms with Gasteiger partial charge in [-0.05, 0) is 98.0 Å². The number of aryl methyl sites for hydroxylation is 1. The van der Waals surface area contributed by atoms with Gasteiger partial charge in [-0.2, -0.15) is 5.26 Å². The molecule has 9 aromatic rings. The molecule has 0 saturated carbocycles. The summed E-state index contributed by atoms with van der Waals surface area (Å²) in [6.07, 6.45) is 3.46. The summed E-state index contributed by atoms with van der Waals surface area (Å²) < 4.78 is 6.51. The molecule has 0 amide bonds. The van der Waals surface area contributed by atoms with E-state index in [1.807, 2.05) is 110 Å². The number of pyridine rings is 2. The van der Waals surface area contributed by atoms with Gasteiger partial charge in [-0.3, -0.25) is 23.6 Å². The van der Waals surface area contributed by atoms with Gasteiger partial charge in [-0.1, -0.05) is 53.8 Å². The topological polar surface area (TPSA) is 113 Å². The van der Waals surface area contributed by atoms with Crippen LogP contribution in [0.2, 0.25) is 5.02 Å². The number of halogens is 1. The van der Waals surface area contributed by atoms with Crippen molar-refractivity contribution in [3.8, 4) is 46.5 Å². The fraction of sp³-hybridized carbons (Fsp3) is 0.0870. The number of aromatic nitrogens is 6. The first-order valence-electron chi connectivity index (χ1n) is 18.3. The minimum atomic E-state index is -0.309. The lowest BCUT2D eigenvalue weighted by Gasteiger charge is -2.08. The van der Waals surface area contributed by atoms with Crippen LogP contribution in [0.1, 0.15) is 16.7 Å². The SMILES string of the molecule is CN(C)CC#Cc1ccc2c(c1)c1c(c[n+]2[N+]#Cc2cccc(-n3c(=O)[nH]c4cnc5ccc(-c6ccc(Cl)cc6)cc5c43)c2)n(C)c(=O)n1-c1cccc(C#N)c1. The van der Waals surface area contributed by atoms with Crippen molar-refractivity contribution in [3.63, 3.8) is 0 Å². The molecule has 9 rings (SSSR count). The van der Waals surface area contributed by atoms with Crippen LogP contribution in [0.25, 0.3) is 71.3 Å². The Labute approximate surface area is 336 Å². The molecule has 0 saturated heterocycles. The second-order valence-corrected chi connectivity index (χ2v) is 14.5. The predicted molar refractivity (Wildman–Crippen MR) is 228 cm³/mol. The Morgan fingerprint density at radius 2 is 1.57 bits per heavy atom. The molecule has 4 heterocycles. The minimum Gasteiger partial charge on any atom is -0.304 e. The highest BCUT2D eigenvalue weighted by Gasteiger charge is 2.27. The Morgan fingerprint density at radius 3 is 2.34 bits per heavy atom. The molecule has 0 unspecified atom stereocenters. The molecule has 12 heteroatoms. The van der Waals surface area contributed by atoms with Gasteiger partial charge in [0.2, 0.25) is 0 Å². The van der Waals surface area contributed by atoms with Gasteiger partial charge in [0.1, 0.15) is 11.1 Å². The first-order chi connectivity index (χ1) is 28.2. The van der Waals surface area contributed by atoms with Crippen molar-refractivity contribution in [1.82, 2.24) is 28.6 Å². The van der Waals surface area contributed by atoms with Crippen LogP contribution >= 0.6 is 11.6 Å². The number of aromatic amines is 1. The Bertz CT molecular complexity index is 3450. The third kappa shape index (κ3) is 6.35. The summed E-state index contributed by atoms with van der Waals surface area (Å²) in [4.78, 5) is 41.9. The number of hydrogen-bond acceptors (Lipinski definition) is 5. The van der Waals surface area contributed by atoms with Crippen LogP contribution in [0.15, 0.2) is 131 Å². The first kappa shape index (κ1) is 35.9. The Hall–Kier alpha value is -7.75. The third-order valence-electron chi connectivity index (χ3n) is 9.99. The lowest BCUT2D eigenvalue weighted by Crippen LogP contribution is -2.26. The van der Waals surface area contributed by atoms with Crippen LogP contribution in [0.4, 0.5) is 0 Å². The number of nitriles is 1. The molecule has 1 N–H and O–H groups in total. The maximum Gasteiger partial charge on any atom is 0.408 e. The normalized spacial score (nSPS) is 11.2. The number of rotatable bonds is 4. The third-order valence-corrected chi connectivity index (χ3v) is 10.2. The van der Waals surface area contributed by atoms with E-state index in [0.29, 0.717) is 61.7 Å². The molecule has 0 aliphatic rings. The molecule has 11 nitrogen and oxygen atoms in total. The summed E-state index contributed by atoms with van der Waals surface area (Å²) in [6, 6.07) is 39.2. The highest BCUT2D eigenvalue weighted by Crippen LogP contribution is 2.30. The van der Waals surface area contributed by atoms with Crippen molar-refractivity contribution >= 4 is 55.5 Å². The maximum atomic E-state index is 13.9. The van der Waals surface area contributed by atoms with E-state index in [4.69, 9.17) is 16.6 Å². The van der Waals surface area contributed by atoms with Crippen LogP contribution in [0.5, 0.6) is 0 Å². The van der Waals surface area contributed by atoms with Crippen LogP contribution in [0, 0.1) is 29.2 Å². The minimum absolute atomic E-state index is 0.277. The van der Waals surface area contributed by atoms with Crippen LogP contribution in [0.3, 0.4) is 0 Å². The van der Waals surface area contributed by atoms with E-state index in [2.05, 4.69) is 33.9 Å². The fourth-order valence-corrected chi connectivity index (χ4v) is 7.36. The van der Waals surface area contributed by atoms with E-state index in [-0.39, 0.29) is 11.4 Å². The zero-order valence-electron chi connectivity index (χ0n) is 31.5. The van der Waals surface area contributed by atoms with E-state index in [9.17, 15) is 14.9 Å². The highest BCUT2D eigenvalue weighted by atomic mass is 35.5. The maximum absolute atomic E-state index is 13.9.